The Morgan fingerprint density at radius 3 is 2.47 bits per heavy atom. The average molecular weight is 211 g/mol. The SMILES string of the molecule is CCCCC(C)CNC1CCC(C)CC1. The molecule has 15 heavy (non-hydrogen) atoms. The molecule has 0 heterocycles. The summed E-state index contributed by atoms with van der Waals surface area (Å²) < 4.78 is 0. The van der Waals surface area contributed by atoms with Gasteiger partial charge in [0.2, 0.25) is 0 Å². The highest BCUT2D eigenvalue weighted by molar-refractivity contribution is 4.75. The Kier molecular flexibility index (Phi) is 6.31. The Hall–Kier alpha value is -0.0400. The van der Waals surface area contributed by atoms with E-state index in [9.17, 15) is 0 Å². The first-order valence-corrected chi connectivity index (χ1v) is 6.95. The fourth-order valence-corrected chi connectivity index (χ4v) is 2.49. The van der Waals surface area contributed by atoms with Gasteiger partial charge in [-0.05, 0) is 50.5 Å². The molecule has 1 saturated carbocycles. The highest BCUT2D eigenvalue weighted by Crippen LogP contribution is 2.23. The van der Waals surface area contributed by atoms with Crippen molar-refractivity contribution in [3.8, 4) is 0 Å². The lowest BCUT2D eigenvalue weighted by atomic mass is 9.87. The minimum absolute atomic E-state index is 0.824. The lowest BCUT2D eigenvalue weighted by Crippen LogP contribution is -2.35. The molecule has 0 bridgehead atoms. The molecule has 0 saturated heterocycles. The molecule has 1 heteroatoms. The van der Waals surface area contributed by atoms with E-state index in [1.165, 1.54) is 51.5 Å². The van der Waals surface area contributed by atoms with Gasteiger partial charge in [-0.15, -0.1) is 0 Å². The molecule has 0 amide bonds. The molecule has 1 N–H and O–H groups in total. The zero-order chi connectivity index (χ0) is 11.1. The maximum absolute atomic E-state index is 3.75. The van der Waals surface area contributed by atoms with Crippen molar-refractivity contribution in [2.75, 3.05) is 6.54 Å². The van der Waals surface area contributed by atoms with Gasteiger partial charge in [-0.3, -0.25) is 0 Å². The van der Waals surface area contributed by atoms with Gasteiger partial charge in [0.25, 0.3) is 0 Å². The van der Waals surface area contributed by atoms with Crippen LogP contribution in [0.15, 0.2) is 0 Å². The molecule has 1 atom stereocenters. The van der Waals surface area contributed by atoms with E-state index in [1.807, 2.05) is 0 Å². The summed E-state index contributed by atoms with van der Waals surface area (Å²) in [6, 6.07) is 0.824. The van der Waals surface area contributed by atoms with Crippen LogP contribution >= 0.6 is 0 Å². The minimum Gasteiger partial charge on any atom is -0.314 e. The molecule has 1 rings (SSSR count). The molecular weight excluding hydrogens is 182 g/mol. The number of unbranched alkanes of at least 4 members (excludes halogenated alkanes) is 1. The van der Waals surface area contributed by atoms with E-state index >= 15 is 0 Å². The molecule has 1 aliphatic carbocycles. The van der Waals surface area contributed by atoms with Gasteiger partial charge in [0.1, 0.15) is 0 Å². The molecule has 0 aromatic rings. The van der Waals surface area contributed by atoms with Crippen LogP contribution in [0.2, 0.25) is 0 Å². The summed E-state index contributed by atoms with van der Waals surface area (Å²) in [5.74, 6) is 1.84. The van der Waals surface area contributed by atoms with Crippen LogP contribution < -0.4 is 5.32 Å². The normalized spacial score (nSPS) is 29.0. The van der Waals surface area contributed by atoms with Crippen molar-refractivity contribution in [3.63, 3.8) is 0 Å². The molecule has 0 aliphatic heterocycles. The van der Waals surface area contributed by atoms with Crippen molar-refractivity contribution in [1.29, 1.82) is 0 Å². The van der Waals surface area contributed by atoms with Gasteiger partial charge in [0.05, 0.1) is 0 Å². The number of rotatable bonds is 6. The molecular formula is C14H29N. The second kappa shape index (κ2) is 7.27. The monoisotopic (exact) mass is 211 g/mol. The lowest BCUT2D eigenvalue weighted by molar-refractivity contribution is 0.294. The Bertz CT molecular complexity index is 147. The number of hydrogen-bond acceptors (Lipinski definition) is 1. The Morgan fingerprint density at radius 2 is 1.87 bits per heavy atom. The van der Waals surface area contributed by atoms with Crippen LogP contribution in [0.1, 0.15) is 65.7 Å². The third-order valence-corrected chi connectivity index (χ3v) is 3.82. The summed E-state index contributed by atoms with van der Waals surface area (Å²) in [6.07, 6.45) is 9.80. The van der Waals surface area contributed by atoms with E-state index in [2.05, 4.69) is 26.1 Å². The summed E-state index contributed by atoms with van der Waals surface area (Å²) in [5.41, 5.74) is 0. The van der Waals surface area contributed by atoms with E-state index in [0.717, 1.165) is 17.9 Å². The maximum atomic E-state index is 3.75. The van der Waals surface area contributed by atoms with Crippen LogP contribution in [0.4, 0.5) is 0 Å². The van der Waals surface area contributed by atoms with Crippen LogP contribution in [0, 0.1) is 11.8 Å². The summed E-state index contributed by atoms with van der Waals surface area (Å²) in [4.78, 5) is 0. The lowest BCUT2D eigenvalue weighted by Gasteiger charge is -2.28. The molecule has 1 unspecified atom stereocenters. The highest BCUT2D eigenvalue weighted by atomic mass is 14.9. The van der Waals surface area contributed by atoms with Crippen LogP contribution in [0.5, 0.6) is 0 Å². The van der Waals surface area contributed by atoms with Gasteiger partial charge in [-0.1, -0.05) is 33.6 Å². The molecule has 0 spiro atoms. The van der Waals surface area contributed by atoms with Crippen LogP contribution in [0.25, 0.3) is 0 Å². The molecule has 0 aromatic carbocycles. The van der Waals surface area contributed by atoms with Crippen molar-refractivity contribution in [2.45, 2.75) is 71.8 Å². The van der Waals surface area contributed by atoms with E-state index in [-0.39, 0.29) is 0 Å². The van der Waals surface area contributed by atoms with Gasteiger partial charge in [0, 0.05) is 6.04 Å². The minimum atomic E-state index is 0.824. The Morgan fingerprint density at radius 1 is 1.20 bits per heavy atom. The van der Waals surface area contributed by atoms with Gasteiger partial charge in [-0.25, -0.2) is 0 Å². The second-order valence-electron chi connectivity index (χ2n) is 5.61. The summed E-state index contributed by atoms with van der Waals surface area (Å²) in [7, 11) is 0. The zero-order valence-corrected chi connectivity index (χ0v) is 10.9. The van der Waals surface area contributed by atoms with Gasteiger partial charge in [0.15, 0.2) is 0 Å². The van der Waals surface area contributed by atoms with Crippen molar-refractivity contribution in [2.24, 2.45) is 11.8 Å². The Balaban J connectivity index is 2.04. The van der Waals surface area contributed by atoms with E-state index in [4.69, 9.17) is 0 Å². The first-order valence-electron chi connectivity index (χ1n) is 6.95. The first kappa shape index (κ1) is 13.0. The molecule has 1 nitrogen and oxygen atoms in total. The van der Waals surface area contributed by atoms with E-state index in [0.29, 0.717) is 0 Å². The Labute approximate surface area is 96.0 Å². The predicted molar refractivity (Wildman–Crippen MR) is 68.1 cm³/mol. The maximum Gasteiger partial charge on any atom is 0.00673 e. The predicted octanol–water partition coefficient (Wildman–Crippen LogP) is 3.98. The number of hydrogen-bond donors (Lipinski definition) is 1. The molecule has 0 radical (unpaired) electrons. The summed E-state index contributed by atoms with van der Waals surface area (Å²) in [6.45, 7) is 8.29. The third-order valence-electron chi connectivity index (χ3n) is 3.82. The first-order chi connectivity index (χ1) is 7.22. The van der Waals surface area contributed by atoms with Gasteiger partial charge >= 0.3 is 0 Å². The largest absolute Gasteiger partial charge is 0.314 e. The zero-order valence-electron chi connectivity index (χ0n) is 10.9. The smallest absolute Gasteiger partial charge is 0.00673 e. The molecule has 1 aliphatic rings. The van der Waals surface area contributed by atoms with Crippen LogP contribution in [0.3, 0.4) is 0 Å². The van der Waals surface area contributed by atoms with Crippen molar-refractivity contribution < 1.29 is 0 Å². The van der Waals surface area contributed by atoms with Gasteiger partial charge < -0.3 is 5.32 Å². The van der Waals surface area contributed by atoms with Crippen molar-refractivity contribution >= 4 is 0 Å². The van der Waals surface area contributed by atoms with Crippen LogP contribution in [-0.2, 0) is 0 Å². The summed E-state index contributed by atoms with van der Waals surface area (Å²) >= 11 is 0. The molecule has 90 valence electrons. The van der Waals surface area contributed by atoms with Crippen LogP contribution in [-0.4, -0.2) is 12.6 Å². The standard InChI is InChI=1S/C14H29N/c1-4-5-6-13(3)11-15-14-9-7-12(2)8-10-14/h12-15H,4-11H2,1-3H3. The van der Waals surface area contributed by atoms with E-state index < -0.39 is 0 Å². The quantitative estimate of drug-likeness (QED) is 0.700. The fourth-order valence-electron chi connectivity index (χ4n) is 2.49. The van der Waals surface area contributed by atoms with E-state index in [1.54, 1.807) is 0 Å². The average Bonchev–Trinajstić information content (AvgIpc) is 2.25. The third kappa shape index (κ3) is 5.55. The molecule has 0 aromatic heterocycles. The van der Waals surface area contributed by atoms with Crippen molar-refractivity contribution in [1.82, 2.24) is 5.32 Å². The topological polar surface area (TPSA) is 12.0 Å². The highest BCUT2D eigenvalue weighted by Gasteiger charge is 2.17. The summed E-state index contributed by atoms with van der Waals surface area (Å²) in [5, 5.41) is 3.75. The second-order valence-corrected chi connectivity index (χ2v) is 5.61. The fraction of sp³-hybridized carbons (Fsp3) is 1.00. The van der Waals surface area contributed by atoms with Gasteiger partial charge in [-0.2, -0.15) is 0 Å². The molecule has 1 fully saturated rings. The van der Waals surface area contributed by atoms with Crippen molar-refractivity contribution in [3.05, 3.63) is 0 Å². The number of nitrogens with one attached hydrogen (secondary N) is 1.